The molecule has 4 heteroatoms. The van der Waals surface area contributed by atoms with Gasteiger partial charge in [-0.15, -0.1) is 11.8 Å². The summed E-state index contributed by atoms with van der Waals surface area (Å²) in [7, 11) is 0. The SMILES string of the molecule is CCNC(c1occc1Br)C1CSc2ccccc21. The maximum absolute atomic E-state index is 5.69. The molecule has 0 amide bonds. The first kappa shape index (κ1) is 13.3. The van der Waals surface area contributed by atoms with E-state index in [0.717, 1.165) is 22.5 Å². The molecule has 19 heavy (non-hydrogen) atoms. The van der Waals surface area contributed by atoms with Crippen LogP contribution >= 0.6 is 27.7 Å². The zero-order valence-corrected chi connectivity index (χ0v) is 13.1. The maximum atomic E-state index is 5.69. The van der Waals surface area contributed by atoms with Crippen molar-refractivity contribution in [3.8, 4) is 0 Å². The third-order valence-corrected chi connectivity index (χ3v) is 5.35. The van der Waals surface area contributed by atoms with Crippen LogP contribution in [0.15, 0.2) is 50.4 Å². The number of halogens is 1. The van der Waals surface area contributed by atoms with Gasteiger partial charge in [-0.2, -0.15) is 0 Å². The molecule has 100 valence electrons. The third kappa shape index (κ3) is 2.49. The molecule has 0 saturated carbocycles. The normalized spacial score (nSPS) is 19.4. The van der Waals surface area contributed by atoms with Crippen molar-refractivity contribution in [3.05, 3.63) is 52.4 Å². The molecule has 1 aliphatic heterocycles. The van der Waals surface area contributed by atoms with Crippen LogP contribution in [0.3, 0.4) is 0 Å². The molecule has 2 aromatic rings. The van der Waals surface area contributed by atoms with Gasteiger partial charge in [0.15, 0.2) is 0 Å². The van der Waals surface area contributed by atoms with Gasteiger partial charge in [0, 0.05) is 16.6 Å². The van der Waals surface area contributed by atoms with E-state index in [1.54, 1.807) is 6.26 Å². The van der Waals surface area contributed by atoms with Crippen LogP contribution in [0.5, 0.6) is 0 Å². The molecular weight excluding hydrogens is 322 g/mol. The molecule has 0 bridgehead atoms. The van der Waals surface area contributed by atoms with Crippen molar-refractivity contribution in [1.29, 1.82) is 0 Å². The fourth-order valence-electron chi connectivity index (χ4n) is 2.63. The van der Waals surface area contributed by atoms with E-state index in [1.165, 1.54) is 10.5 Å². The average molecular weight is 338 g/mol. The van der Waals surface area contributed by atoms with Crippen LogP contribution in [0, 0.1) is 0 Å². The van der Waals surface area contributed by atoms with E-state index < -0.39 is 0 Å². The van der Waals surface area contributed by atoms with Crippen molar-refractivity contribution in [3.63, 3.8) is 0 Å². The molecule has 0 radical (unpaired) electrons. The highest BCUT2D eigenvalue weighted by Crippen LogP contribution is 2.46. The van der Waals surface area contributed by atoms with Crippen molar-refractivity contribution in [2.24, 2.45) is 0 Å². The van der Waals surface area contributed by atoms with E-state index in [9.17, 15) is 0 Å². The van der Waals surface area contributed by atoms with Crippen LogP contribution in [0.25, 0.3) is 0 Å². The third-order valence-electron chi connectivity index (χ3n) is 3.49. The van der Waals surface area contributed by atoms with E-state index in [0.29, 0.717) is 5.92 Å². The lowest BCUT2D eigenvalue weighted by molar-refractivity contribution is 0.383. The molecule has 3 rings (SSSR count). The quantitative estimate of drug-likeness (QED) is 0.883. The first-order chi connectivity index (χ1) is 9.31. The van der Waals surface area contributed by atoms with Crippen LogP contribution < -0.4 is 5.32 Å². The van der Waals surface area contributed by atoms with Gasteiger partial charge in [0.2, 0.25) is 0 Å². The molecular formula is C15H16BrNOS. The molecule has 1 aromatic carbocycles. The molecule has 2 unspecified atom stereocenters. The molecule has 2 heterocycles. The molecule has 1 aromatic heterocycles. The van der Waals surface area contributed by atoms with Gasteiger partial charge in [-0.05, 0) is 40.2 Å². The maximum Gasteiger partial charge on any atom is 0.135 e. The topological polar surface area (TPSA) is 25.2 Å². The number of hydrogen-bond acceptors (Lipinski definition) is 3. The van der Waals surface area contributed by atoms with E-state index in [-0.39, 0.29) is 6.04 Å². The minimum absolute atomic E-state index is 0.227. The molecule has 0 fully saturated rings. The molecule has 0 spiro atoms. The van der Waals surface area contributed by atoms with Gasteiger partial charge in [-0.25, -0.2) is 0 Å². The average Bonchev–Trinajstić information content (AvgIpc) is 3.03. The molecule has 0 saturated heterocycles. The van der Waals surface area contributed by atoms with Gasteiger partial charge >= 0.3 is 0 Å². The second kappa shape index (κ2) is 5.73. The van der Waals surface area contributed by atoms with Crippen LogP contribution in [0.2, 0.25) is 0 Å². The Kier molecular flexibility index (Phi) is 4.01. The summed E-state index contributed by atoms with van der Waals surface area (Å²) in [6, 6.07) is 10.9. The molecule has 1 aliphatic rings. The summed E-state index contributed by atoms with van der Waals surface area (Å²) < 4.78 is 6.74. The van der Waals surface area contributed by atoms with Crippen LogP contribution in [-0.4, -0.2) is 12.3 Å². The number of hydrogen-bond donors (Lipinski definition) is 1. The molecule has 0 aliphatic carbocycles. The number of fused-ring (bicyclic) bond motifs is 1. The fourth-order valence-corrected chi connectivity index (χ4v) is 4.37. The lowest BCUT2D eigenvalue weighted by Gasteiger charge is -2.23. The predicted molar refractivity (Wildman–Crippen MR) is 82.7 cm³/mol. The summed E-state index contributed by atoms with van der Waals surface area (Å²) in [4.78, 5) is 1.40. The lowest BCUT2D eigenvalue weighted by atomic mass is 9.92. The van der Waals surface area contributed by atoms with Gasteiger partial charge in [0.1, 0.15) is 5.76 Å². The number of furan rings is 1. The van der Waals surface area contributed by atoms with Crippen molar-refractivity contribution in [2.75, 3.05) is 12.3 Å². The van der Waals surface area contributed by atoms with E-state index in [1.807, 2.05) is 17.8 Å². The van der Waals surface area contributed by atoms with Gasteiger partial charge in [0.05, 0.1) is 16.8 Å². The first-order valence-electron chi connectivity index (χ1n) is 6.49. The Morgan fingerprint density at radius 1 is 1.42 bits per heavy atom. The van der Waals surface area contributed by atoms with Crippen LogP contribution in [-0.2, 0) is 0 Å². The van der Waals surface area contributed by atoms with Crippen LogP contribution in [0.1, 0.15) is 30.2 Å². The van der Waals surface area contributed by atoms with Crippen molar-refractivity contribution >= 4 is 27.7 Å². The van der Waals surface area contributed by atoms with E-state index >= 15 is 0 Å². The Morgan fingerprint density at radius 2 is 2.26 bits per heavy atom. The number of rotatable bonds is 4. The zero-order chi connectivity index (χ0) is 13.2. The summed E-state index contributed by atoms with van der Waals surface area (Å²) >= 11 is 5.52. The van der Waals surface area contributed by atoms with Gasteiger partial charge < -0.3 is 9.73 Å². The second-order valence-corrected chi connectivity index (χ2v) is 6.54. The molecule has 2 atom stereocenters. The second-order valence-electron chi connectivity index (χ2n) is 4.62. The minimum Gasteiger partial charge on any atom is -0.466 e. The highest BCUT2D eigenvalue weighted by atomic mass is 79.9. The Bertz CT molecular complexity index is 569. The standard InChI is InChI=1S/C15H16BrNOS/c1-2-17-14(15-12(16)7-8-18-15)11-9-19-13-6-4-3-5-10(11)13/h3-8,11,14,17H,2,9H2,1H3. The Hall–Kier alpha value is -0.710. The van der Waals surface area contributed by atoms with Gasteiger partial charge in [0.25, 0.3) is 0 Å². The van der Waals surface area contributed by atoms with Crippen molar-refractivity contribution in [2.45, 2.75) is 23.8 Å². The highest BCUT2D eigenvalue weighted by molar-refractivity contribution is 9.10. The summed E-state index contributed by atoms with van der Waals surface area (Å²) in [6.07, 6.45) is 1.75. The van der Waals surface area contributed by atoms with Crippen molar-refractivity contribution < 1.29 is 4.42 Å². The zero-order valence-electron chi connectivity index (χ0n) is 10.7. The Labute approximate surface area is 126 Å². The smallest absolute Gasteiger partial charge is 0.135 e. The van der Waals surface area contributed by atoms with Crippen LogP contribution in [0.4, 0.5) is 0 Å². The fraction of sp³-hybridized carbons (Fsp3) is 0.333. The van der Waals surface area contributed by atoms with E-state index in [4.69, 9.17) is 4.42 Å². The van der Waals surface area contributed by atoms with Crippen molar-refractivity contribution in [1.82, 2.24) is 5.32 Å². The Morgan fingerprint density at radius 3 is 3.00 bits per heavy atom. The van der Waals surface area contributed by atoms with Gasteiger partial charge in [-0.1, -0.05) is 25.1 Å². The minimum atomic E-state index is 0.227. The summed E-state index contributed by atoms with van der Waals surface area (Å²) in [5.74, 6) is 2.57. The van der Waals surface area contributed by atoms with Gasteiger partial charge in [-0.3, -0.25) is 0 Å². The molecule has 2 nitrogen and oxygen atoms in total. The lowest BCUT2D eigenvalue weighted by Crippen LogP contribution is -2.27. The monoisotopic (exact) mass is 337 g/mol. The predicted octanol–water partition coefficient (Wildman–Crippen LogP) is 4.58. The number of benzene rings is 1. The molecule has 1 N–H and O–H groups in total. The summed E-state index contributed by atoms with van der Waals surface area (Å²) in [6.45, 7) is 3.07. The number of likely N-dealkylation sites (N-methyl/N-ethyl adjacent to an activating group) is 1. The number of nitrogens with one attached hydrogen (secondary N) is 1. The number of thioether (sulfide) groups is 1. The Balaban J connectivity index is 1.96. The summed E-state index contributed by atoms with van der Waals surface area (Å²) in [5, 5.41) is 3.57. The summed E-state index contributed by atoms with van der Waals surface area (Å²) in [5.41, 5.74) is 1.43. The first-order valence-corrected chi connectivity index (χ1v) is 8.27. The largest absolute Gasteiger partial charge is 0.466 e. The highest BCUT2D eigenvalue weighted by Gasteiger charge is 2.33. The van der Waals surface area contributed by atoms with E-state index in [2.05, 4.69) is 52.4 Å².